The molecule has 0 N–H and O–H groups in total. The normalized spacial score (nSPS) is 9.91. The second-order valence-corrected chi connectivity index (χ2v) is 4.60. The number of carbonyl (C=O) groups excluding carboxylic acids is 2. The van der Waals surface area contributed by atoms with E-state index in [9.17, 15) is 9.59 Å². The average molecular weight is 300 g/mol. The van der Waals surface area contributed by atoms with E-state index in [4.69, 9.17) is 9.47 Å². The van der Waals surface area contributed by atoms with Crippen LogP contribution >= 0.6 is 0 Å². The highest BCUT2D eigenvalue weighted by atomic mass is 16.6. The fraction of sp³-hybridized carbons (Fsp3) is 0.176. The molecule has 0 bridgehead atoms. The minimum Gasteiger partial charge on any atom is -0.482 e. The largest absolute Gasteiger partial charge is 0.482 e. The highest BCUT2D eigenvalue weighted by Gasteiger charge is 2.08. The van der Waals surface area contributed by atoms with E-state index >= 15 is 0 Å². The van der Waals surface area contributed by atoms with Crippen molar-refractivity contribution in [3.8, 4) is 11.5 Å². The van der Waals surface area contributed by atoms with Gasteiger partial charge >= 0.3 is 11.9 Å². The van der Waals surface area contributed by atoms with Crippen molar-refractivity contribution < 1.29 is 23.8 Å². The van der Waals surface area contributed by atoms with E-state index in [1.54, 1.807) is 6.07 Å². The third-order valence-electron chi connectivity index (χ3n) is 2.85. The SMILES string of the molecule is COC(=O)c1ccc(OC(=O)COc2cccc(C)c2)cc1. The van der Waals surface area contributed by atoms with Gasteiger partial charge in [0.05, 0.1) is 12.7 Å². The van der Waals surface area contributed by atoms with Crippen molar-refractivity contribution in [2.75, 3.05) is 13.7 Å². The molecule has 0 atom stereocenters. The van der Waals surface area contributed by atoms with Crippen LogP contribution in [0.15, 0.2) is 48.5 Å². The predicted octanol–water partition coefficient (Wildman–Crippen LogP) is 2.77. The fourth-order valence-electron chi connectivity index (χ4n) is 1.79. The van der Waals surface area contributed by atoms with E-state index in [1.807, 2.05) is 25.1 Å². The van der Waals surface area contributed by atoms with Gasteiger partial charge < -0.3 is 14.2 Å². The maximum absolute atomic E-state index is 11.7. The molecule has 114 valence electrons. The molecule has 2 rings (SSSR count). The first-order valence-corrected chi connectivity index (χ1v) is 6.67. The number of aryl methyl sites for hydroxylation is 1. The van der Waals surface area contributed by atoms with E-state index in [0.717, 1.165) is 5.56 Å². The maximum Gasteiger partial charge on any atom is 0.349 e. The summed E-state index contributed by atoms with van der Waals surface area (Å²) >= 11 is 0. The van der Waals surface area contributed by atoms with Gasteiger partial charge in [-0.3, -0.25) is 0 Å². The molecule has 5 nitrogen and oxygen atoms in total. The zero-order chi connectivity index (χ0) is 15.9. The lowest BCUT2D eigenvalue weighted by Gasteiger charge is -2.07. The molecular formula is C17H16O5. The van der Waals surface area contributed by atoms with Gasteiger partial charge in [-0.05, 0) is 48.9 Å². The first-order valence-electron chi connectivity index (χ1n) is 6.67. The van der Waals surface area contributed by atoms with Gasteiger partial charge in [0.2, 0.25) is 0 Å². The molecule has 0 spiro atoms. The molecule has 0 saturated heterocycles. The molecule has 5 heteroatoms. The summed E-state index contributed by atoms with van der Waals surface area (Å²) < 4.78 is 15.1. The van der Waals surface area contributed by atoms with E-state index in [1.165, 1.54) is 31.4 Å². The summed E-state index contributed by atoms with van der Waals surface area (Å²) in [7, 11) is 1.30. The molecule has 0 unspecified atom stereocenters. The number of hydrogen-bond acceptors (Lipinski definition) is 5. The van der Waals surface area contributed by atoms with Gasteiger partial charge in [0.25, 0.3) is 0 Å². The Morgan fingerprint density at radius 3 is 2.36 bits per heavy atom. The van der Waals surface area contributed by atoms with Crippen molar-refractivity contribution in [2.24, 2.45) is 0 Å². The summed E-state index contributed by atoms with van der Waals surface area (Å²) in [5.41, 5.74) is 1.43. The maximum atomic E-state index is 11.7. The molecule has 0 aliphatic carbocycles. The second-order valence-electron chi connectivity index (χ2n) is 4.60. The molecule has 0 radical (unpaired) electrons. The molecule has 0 aliphatic rings. The molecule has 0 aliphatic heterocycles. The van der Waals surface area contributed by atoms with Crippen LogP contribution in [0.1, 0.15) is 15.9 Å². The Balaban J connectivity index is 1.88. The number of methoxy groups -OCH3 is 1. The number of ether oxygens (including phenoxy) is 3. The van der Waals surface area contributed by atoms with Gasteiger partial charge in [0, 0.05) is 0 Å². The summed E-state index contributed by atoms with van der Waals surface area (Å²) in [4.78, 5) is 23.0. The molecule has 2 aromatic rings. The molecule has 0 saturated carbocycles. The van der Waals surface area contributed by atoms with Crippen molar-refractivity contribution in [1.82, 2.24) is 0 Å². The molecule has 0 amide bonds. The standard InChI is InChI=1S/C17H16O5/c1-12-4-3-5-15(10-12)21-11-16(18)22-14-8-6-13(7-9-14)17(19)20-2/h3-10H,11H2,1-2H3. The van der Waals surface area contributed by atoms with Crippen molar-refractivity contribution in [2.45, 2.75) is 6.92 Å². The van der Waals surface area contributed by atoms with Crippen LogP contribution < -0.4 is 9.47 Å². The minimum absolute atomic E-state index is 0.192. The Morgan fingerprint density at radius 2 is 1.73 bits per heavy atom. The Bertz CT molecular complexity index is 661. The smallest absolute Gasteiger partial charge is 0.349 e. The van der Waals surface area contributed by atoms with Crippen LogP contribution in [0, 0.1) is 6.92 Å². The van der Waals surface area contributed by atoms with Crippen LogP contribution in [0.25, 0.3) is 0 Å². The van der Waals surface area contributed by atoms with Crippen LogP contribution in [-0.2, 0) is 9.53 Å². The number of hydrogen-bond donors (Lipinski definition) is 0. The topological polar surface area (TPSA) is 61.8 Å². The number of rotatable bonds is 5. The van der Waals surface area contributed by atoms with Crippen molar-refractivity contribution in [1.29, 1.82) is 0 Å². The van der Waals surface area contributed by atoms with E-state index in [-0.39, 0.29) is 6.61 Å². The molecule has 0 heterocycles. The number of esters is 2. The first kappa shape index (κ1) is 15.6. The highest BCUT2D eigenvalue weighted by molar-refractivity contribution is 5.89. The Morgan fingerprint density at radius 1 is 1.00 bits per heavy atom. The van der Waals surface area contributed by atoms with E-state index in [0.29, 0.717) is 17.1 Å². The van der Waals surface area contributed by atoms with Gasteiger partial charge in [-0.2, -0.15) is 0 Å². The second kappa shape index (κ2) is 7.26. The van der Waals surface area contributed by atoms with Gasteiger partial charge in [-0.15, -0.1) is 0 Å². The van der Waals surface area contributed by atoms with E-state index in [2.05, 4.69) is 4.74 Å². The van der Waals surface area contributed by atoms with Crippen molar-refractivity contribution >= 4 is 11.9 Å². The molecule has 0 aromatic heterocycles. The summed E-state index contributed by atoms with van der Waals surface area (Å²) in [6, 6.07) is 13.5. The van der Waals surface area contributed by atoms with Crippen LogP contribution in [-0.4, -0.2) is 25.7 Å². The zero-order valence-corrected chi connectivity index (χ0v) is 12.4. The summed E-state index contributed by atoms with van der Waals surface area (Å²) in [6.45, 7) is 1.75. The number of benzene rings is 2. The Labute approximate surface area is 128 Å². The molecule has 22 heavy (non-hydrogen) atoms. The molecule has 0 fully saturated rings. The Hall–Kier alpha value is -2.82. The zero-order valence-electron chi connectivity index (χ0n) is 12.4. The summed E-state index contributed by atoms with van der Waals surface area (Å²) in [6.07, 6.45) is 0. The highest BCUT2D eigenvalue weighted by Crippen LogP contribution is 2.15. The molecular weight excluding hydrogens is 284 g/mol. The fourth-order valence-corrected chi connectivity index (χ4v) is 1.79. The quantitative estimate of drug-likeness (QED) is 0.627. The average Bonchev–Trinajstić information content (AvgIpc) is 2.53. The van der Waals surface area contributed by atoms with Gasteiger partial charge in [0.1, 0.15) is 11.5 Å². The van der Waals surface area contributed by atoms with E-state index < -0.39 is 11.9 Å². The first-order chi connectivity index (χ1) is 10.6. The Kier molecular flexibility index (Phi) is 5.14. The summed E-state index contributed by atoms with van der Waals surface area (Å²) in [5, 5.41) is 0. The van der Waals surface area contributed by atoms with Crippen molar-refractivity contribution in [3.05, 3.63) is 59.7 Å². The summed E-state index contributed by atoms with van der Waals surface area (Å²) in [5.74, 6) is -0.0172. The predicted molar refractivity (Wildman–Crippen MR) is 80.1 cm³/mol. The van der Waals surface area contributed by atoms with Gasteiger partial charge in [-0.1, -0.05) is 12.1 Å². The third-order valence-corrected chi connectivity index (χ3v) is 2.85. The van der Waals surface area contributed by atoms with Crippen LogP contribution in [0.3, 0.4) is 0 Å². The monoisotopic (exact) mass is 300 g/mol. The van der Waals surface area contributed by atoms with Crippen LogP contribution in [0.2, 0.25) is 0 Å². The van der Waals surface area contributed by atoms with Crippen LogP contribution in [0.5, 0.6) is 11.5 Å². The van der Waals surface area contributed by atoms with Gasteiger partial charge in [0.15, 0.2) is 6.61 Å². The van der Waals surface area contributed by atoms with Crippen molar-refractivity contribution in [3.63, 3.8) is 0 Å². The minimum atomic E-state index is -0.521. The lowest BCUT2D eigenvalue weighted by molar-refractivity contribution is -0.136. The van der Waals surface area contributed by atoms with Gasteiger partial charge in [-0.25, -0.2) is 9.59 Å². The lowest BCUT2D eigenvalue weighted by Crippen LogP contribution is -2.17. The molecule has 2 aromatic carbocycles. The number of carbonyl (C=O) groups is 2. The lowest BCUT2D eigenvalue weighted by atomic mass is 10.2. The third kappa shape index (κ3) is 4.34. The van der Waals surface area contributed by atoms with Crippen LogP contribution in [0.4, 0.5) is 0 Å².